The monoisotopic (exact) mass is 410 g/mol. The summed E-state index contributed by atoms with van der Waals surface area (Å²) in [4.78, 5) is 42.6. The van der Waals surface area contributed by atoms with E-state index in [9.17, 15) is 14.4 Å². The van der Waals surface area contributed by atoms with Crippen LogP contribution in [0.2, 0.25) is 0 Å². The van der Waals surface area contributed by atoms with Gasteiger partial charge in [-0.15, -0.1) is 0 Å². The highest BCUT2D eigenvalue weighted by molar-refractivity contribution is 5.98. The number of aromatic nitrogens is 4. The summed E-state index contributed by atoms with van der Waals surface area (Å²) in [6.45, 7) is 3.58. The van der Waals surface area contributed by atoms with Gasteiger partial charge in [-0.2, -0.15) is 10.1 Å². The Hall–Kier alpha value is -4.15. The molecule has 11 nitrogen and oxygen atoms in total. The van der Waals surface area contributed by atoms with Gasteiger partial charge in [0.2, 0.25) is 11.9 Å². The third-order valence-electron chi connectivity index (χ3n) is 4.31. The molecule has 0 spiro atoms. The summed E-state index contributed by atoms with van der Waals surface area (Å²) in [5.74, 6) is -1.79. The predicted octanol–water partition coefficient (Wildman–Crippen LogP) is 0.720. The van der Waals surface area contributed by atoms with Gasteiger partial charge in [0.05, 0.1) is 5.69 Å². The number of nitrogens with two attached hydrogens (primary N) is 2. The molecule has 0 saturated heterocycles. The number of primary amides is 2. The Bertz CT molecular complexity index is 1120. The van der Waals surface area contributed by atoms with Crippen molar-refractivity contribution in [2.75, 3.05) is 10.6 Å². The summed E-state index contributed by atoms with van der Waals surface area (Å²) in [5, 5.41) is 9.90. The highest BCUT2D eigenvalue weighted by Crippen LogP contribution is 2.21. The Kier molecular flexibility index (Phi) is 5.81. The van der Waals surface area contributed by atoms with E-state index in [0.29, 0.717) is 5.69 Å². The van der Waals surface area contributed by atoms with Crippen LogP contribution >= 0.6 is 0 Å². The van der Waals surface area contributed by atoms with Crippen molar-refractivity contribution in [2.45, 2.75) is 19.9 Å². The van der Waals surface area contributed by atoms with Crippen molar-refractivity contribution in [3.63, 3.8) is 0 Å². The number of benzene rings is 1. The molecule has 1 atom stereocenters. The molecule has 1 aromatic carbocycles. The molecule has 7 N–H and O–H groups in total. The highest BCUT2D eigenvalue weighted by atomic mass is 16.2. The van der Waals surface area contributed by atoms with Gasteiger partial charge in [0.15, 0.2) is 5.82 Å². The lowest BCUT2D eigenvalue weighted by atomic mass is 10.0. The third-order valence-corrected chi connectivity index (χ3v) is 4.31. The summed E-state index contributed by atoms with van der Waals surface area (Å²) in [6, 6.07) is 8.11. The molecule has 2 aromatic heterocycles. The molecule has 0 saturated carbocycles. The van der Waals surface area contributed by atoms with Crippen LogP contribution in [0.25, 0.3) is 5.69 Å². The van der Waals surface area contributed by atoms with Gasteiger partial charge >= 0.3 is 0 Å². The Balaban J connectivity index is 2.00. The molecular weight excluding hydrogens is 388 g/mol. The predicted molar refractivity (Wildman–Crippen MR) is 112 cm³/mol. The van der Waals surface area contributed by atoms with Crippen molar-refractivity contribution in [1.82, 2.24) is 19.7 Å². The largest absolute Gasteiger partial charge is 0.368 e. The van der Waals surface area contributed by atoms with Gasteiger partial charge in [-0.1, -0.05) is 19.9 Å². The van der Waals surface area contributed by atoms with Crippen molar-refractivity contribution in [3.05, 3.63) is 58.6 Å². The lowest BCUT2D eigenvalue weighted by Crippen LogP contribution is -2.40. The van der Waals surface area contributed by atoms with Crippen LogP contribution in [0.15, 0.2) is 47.5 Å². The zero-order valence-corrected chi connectivity index (χ0v) is 16.4. The standard InChI is InChI=1S/C19H22N8O3/c1-10(2)14(16(21)29)24-19-25-17(13(15(20)28)18(30)26-19)23-11-5-3-6-12(9-11)27-8-4-7-22-27/h3-10,14H,1-2H3,(H2,20,28)(H2,21,29)(H3,23,24,25,26,30). The van der Waals surface area contributed by atoms with E-state index < -0.39 is 23.4 Å². The first kappa shape index (κ1) is 20.6. The second-order valence-electron chi connectivity index (χ2n) is 6.90. The Labute approximate surface area is 171 Å². The first-order valence-corrected chi connectivity index (χ1v) is 9.13. The van der Waals surface area contributed by atoms with Gasteiger partial charge in [-0.25, -0.2) is 4.68 Å². The first-order valence-electron chi connectivity index (χ1n) is 9.13. The number of nitrogens with one attached hydrogen (secondary N) is 3. The topological polar surface area (TPSA) is 174 Å². The smallest absolute Gasteiger partial charge is 0.267 e. The minimum Gasteiger partial charge on any atom is -0.368 e. The number of hydrogen-bond acceptors (Lipinski definition) is 7. The number of carbonyl (C=O) groups is 2. The van der Waals surface area contributed by atoms with Crippen molar-refractivity contribution in [1.29, 1.82) is 0 Å². The maximum Gasteiger partial charge on any atom is 0.267 e. The van der Waals surface area contributed by atoms with E-state index in [1.54, 1.807) is 55.2 Å². The summed E-state index contributed by atoms with van der Waals surface area (Å²) in [5.41, 5.74) is 11.0. The molecule has 156 valence electrons. The number of carbonyl (C=O) groups excluding carboxylic acids is 2. The highest BCUT2D eigenvalue weighted by Gasteiger charge is 2.22. The minimum atomic E-state index is -0.948. The fourth-order valence-electron chi connectivity index (χ4n) is 2.86. The number of aromatic amines is 1. The average Bonchev–Trinajstić information content (AvgIpc) is 3.20. The van der Waals surface area contributed by atoms with Crippen LogP contribution in [0.1, 0.15) is 24.2 Å². The van der Waals surface area contributed by atoms with E-state index >= 15 is 0 Å². The van der Waals surface area contributed by atoms with Gasteiger partial charge < -0.3 is 22.1 Å². The summed E-state index contributed by atoms with van der Waals surface area (Å²) >= 11 is 0. The van der Waals surface area contributed by atoms with E-state index in [4.69, 9.17) is 11.5 Å². The number of hydrogen-bond donors (Lipinski definition) is 5. The number of amides is 2. The fraction of sp³-hybridized carbons (Fsp3) is 0.211. The van der Waals surface area contributed by atoms with Crippen molar-refractivity contribution < 1.29 is 9.59 Å². The second-order valence-corrected chi connectivity index (χ2v) is 6.90. The summed E-state index contributed by atoms with van der Waals surface area (Å²) < 4.78 is 1.65. The Morgan fingerprint density at radius 2 is 1.97 bits per heavy atom. The van der Waals surface area contributed by atoms with Crippen molar-refractivity contribution in [3.8, 4) is 5.69 Å². The van der Waals surface area contributed by atoms with Gasteiger partial charge in [-0.3, -0.25) is 19.4 Å². The third kappa shape index (κ3) is 4.46. The van der Waals surface area contributed by atoms with Crippen LogP contribution in [0, 0.1) is 5.92 Å². The Morgan fingerprint density at radius 3 is 2.57 bits per heavy atom. The molecule has 0 aliphatic rings. The van der Waals surface area contributed by atoms with Gasteiger partial charge in [-0.05, 0) is 30.2 Å². The van der Waals surface area contributed by atoms with E-state index in [-0.39, 0.29) is 23.2 Å². The van der Waals surface area contributed by atoms with Crippen LogP contribution < -0.4 is 27.7 Å². The van der Waals surface area contributed by atoms with E-state index in [2.05, 4.69) is 25.7 Å². The fourth-order valence-corrected chi connectivity index (χ4v) is 2.86. The minimum absolute atomic E-state index is 0.0202. The molecule has 3 aromatic rings. The SMILES string of the molecule is CC(C)C(Nc1nc(Nc2cccc(-n3cccn3)c2)c(C(N)=O)c(=O)[nH]1)C(N)=O. The van der Waals surface area contributed by atoms with Crippen LogP contribution in [-0.4, -0.2) is 37.6 Å². The van der Waals surface area contributed by atoms with Crippen LogP contribution in [-0.2, 0) is 4.79 Å². The van der Waals surface area contributed by atoms with Crippen LogP contribution in [0.3, 0.4) is 0 Å². The Morgan fingerprint density at radius 1 is 1.20 bits per heavy atom. The number of nitrogens with zero attached hydrogens (tertiary/aromatic N) is 3. The molecule has 0 aliphatic carbocycles. The van der Waals surface area contributed by atoms with Gasteiger partial charge in [0, 0.05) is 18.1 Å². The maximum absolute atomic E-state index is 12.5. The maximum atomic E-state index is 12.5. The molecule has 1 unspecified atom stereocenters. The van der Waals surface area contributed by atoms with Gasteiger partial charge in [0.25, 0.3) is 11.5 Å². The number of anilines is 3. The molecule has 3 rings (SSSR count). The van der Waals surface area contributed by atoms with Crippen LogP contribution in [0.4, 0.5) is 17.5 Å². The average molecular weight is 410 g/mol. The van der Waals surface area contributed by atoms with Crippen LogP contribution in [0.5, 0.6) is 0 Å². The summed E-state index contributed by atoms with van der Waals surface area (Å²) in [7, 11) is 0. The second kappa shape index (κ2) is 8.47. The molecule has 0 radical (unpaired) electrons. The normalized spacial score (nSPS) is 11.8. The molecular formula is C19H22N8O3. The van der Waals surface area contributed by atoms with E-state index in [1.807, 2.05) is 6.07 Å². The first-order chi connectivity index (χ1) is 14.3. The molecule has 0 aliphatic heterocycles. The molecule has 30 heavy (non-hydrogen) atoms. The zero-order valence-electron chi connectivity index (χ0n) is 16.4. The van der Waals surface area contributed by atoms with Gasteiger partial charge in [0.1, 0.15) is 11.6 Å². The summed E-state index contributed by atoms with van der Waals surface area (Å²) in [6.07, 6.45) is 3.42. The molecule has 2 heterocycles. The number of rotatable bonds is 8. The lowest BCUT2D eigenvalue weighted by molar-refractivity contribution is -0.119. The van der Waals surface area contributed by atoms with Crippen molar-refractivity contribution >= 4 is 29.3 Å². The molecule has 2 amide bonds. The molecule has 11 heteroatoms. The quantitative estimate of drug-likeness (QED) is 0.363. The number of H-pyrrole nitrogens is 1. The van der Waals surface area contributed by atoms with E-state index in [0.717, 1.165) is 5.69 Å². The lowest BCUT2D eigenvalue weighted by Gasteiger charge is -2.20. The molecule has 0 bridgehead atoms. The molecule has 0 fully saturated rings. The van der Waals surface area contributed by atoms with Crippen molar-refractivity contribution in [2.24, 2.45) is 17.4 Å². The van der Waals surface area contributed by atoms with E-state index in [1.165, 1.54) is 0 Å². The zero-order chi connectivity index (χ0) is 21.8.